The molecule has 0 aromatic heterocycles. The molecule has 0 fully saturated rings. The van der Waals surface area contributed by atoms with Crippen molar-refractivity contribution in [3.05, 3.63) is 35.1 Å². The third-order valence-electron chi connectivity index (χ3n) is 3.91. The van der Waals surface area contributed by atoms with Gasteiger partial charge in [0.15, 0.2) is 0 Å². The summed E-state index contributed by atoms with van der Waals surface area (Å²) < 4.78 is 5.80. The number of nitrogens with zero attached hydrogens (tertiary/aromatic N) is 2. The van der Waals surface area contributed by atoms with Gasteiger partial charge in [0.1, 0.15) is 11.5 Å². The second kappa shape index (κ2) is 8.11. The lowest BCUT2D eigenvalue weighted by molar-refractivity contribution is 0.249. The van der Waals surface area contributed by atoms with Crippen LogP contribution in [0.1, 0.15) is 54.4 Å². The summed E-state index contributed by atoms with van der Waals surface area (Å²) in [5, 5.41) is 0. The number of allylic oxidation sites excluding steroid dienone is 4. The molecule has 0 amide bonds. The second-order valence-corrected chi connectivity index (χ2v) is 5.34. The average molecular weight is 302 g/mol. The van der Waals surface area contributed by atoms with E-state index in [0.29, 0.717) is 6.61 Å². The van der Waals surface area contributed by atoms with Crippen LogP contribution in [-0.4, -0.2) is 30.6 Å². The fourth-order valence-corrected chi connectivity index (χ4v) is 2.56. The van der Waals surface area contributed by atoms with E-state index in [2.05, 4.69) is 37.9 Å². The summed E-state index contributed by atoms with van der Waals surface area (Å²) in [4.78, 5) is 9.24. The molecule has 3 heteroatoms. The Kier molecular flexibility index (Phi) is 6.79. The Hall–Kier alpha value is -1.64. The number of hydrogen-bond donors (Lipinski definition) is 0. The molecule has 2 aliphatic rings. The highest BCUT2D eigenvalue weighted by molar-refractivity contribution is 6.25. The van der Waals surface area contributed by atoms with Gasteiger partial charge in [-0.1, -0.05) is 33.8 Å². The topological polar surface area (TPSA) is 34.0 Å². The molecule has 1 aliphatic heterocycles. The van der Waals surface area contributed by atoms with Crippen LogP contribution in [0.25, 0.3) is 0 Å². The van der Waals surface area contributed by atoms with Crippen LogP contribution in [0.15, 0.2) is 45.1 Å². The Balaban J connectivity index is 0.00000116. The molecule has 0 radical (unpaired) electrons. The number of ether oxygens (including phenoxy) is 1. The predicted octanol–water partition coefficient (Wildman–Crippen LogP) is 4.90. The van der Waals surface area contributed by atoms with Crippen molar-refractivity contribution < 1.29 is 4.74 Å². The van der Waals surface area contributed by atoms with Gasteiger partial charge >= 0.3 is 0 Å². The van der Waals surface area contributed by atoms with E-state index in [4.69, 9.17) is 9.73 Å². The zero-order valence-electron chi connectivity index (χ0n) is 15.2. The molecule has 1 aliphatic carbocycles. The zero-order valence-corrected chi connectivity index (χ0v) is 15.2. The molecular formula is C19H30N2O. The summed E-state index contributed by atoms with van der Waals surface area (Å²) >= 11 is 0. The molecule has 122 valence electrons. The van der Waals surface area contributed by atoms with E-state index < -0.39 is 0 Å². The van der Waals surface area contributed by atoms with Crippen molar-refractivity contribution in [1.82, 2.24) is 0 Å². The lowest BCUT2D eigenvalue weighted by atomic mass is 9.83. The standard InChI is InChI=1S/C17H24N2O.C2H6/c1-6-12-11-17(4,7-2)19-16-14(12)9-13(18-5)10-15(16)20-8-3;1-2/h9-11H,6-8H2,1-5H3;1-2H3. The molecule has 0 aromatic carbocycles. The van der Waals surface area contributed by atoms with Crippen molar-refractivity contribution in [2.45, 2.75) is 59.9 Å². The van der Waals surface area contributed by atoms with E-state index in [1.54, 1.807) is 0 Å². The third kappa shape index (κ3) is 3.76. The highest BCUT2D eigenvalue weighted by Crippen LogP contribution is 2.34. The van der Waals surface area contributed by atoms with Gasteiger partial charge in [-0.25, -0.2) is 0 Å². The van der Waals surface area contributed by atoms with Crippen molar-refractivity contribution in [3.8, 4) is 0 Å². The summed E-state index contributed by atoms with van der Waals surface area (Å²) in [5.74, 6) is 0.851. The lowest BCUT2D eigenvalue weighted by Gasteiger charge is -2.32. The number of rotatable bonds is 4. The van der Waals surface area contributed by atoms with Crippen molar-refractivity contribution >= 4 is 11.4 Å². The Morgan fingerprint density at radius 1 is 1.18 bits per heavy atom. The zero-order chi connectivity index (χ0) is 16.8. The normalized spacial score (nSPS) is 25.1. The van der Waals surface area contributed by atoms with Crippen molar-refractivity contribution in [1.29, 1.82) is 0 Å². The summed E-state index contributed by atoms with van der Waals surface area (Å²) in [6.45, 7) is 13.2. The van der Waals surface area contributed by atoms with Crippen LogP contribution < -0.4 is 0 Å². The van der Waals surface area contributed by atoms with Gasteiger partial charge in [0.2, 0.25) is 0 Å². The molecule has 2 rings (SSSR count). The van der Waals surface area contributed by atoms with Gasteiger partial charge in [-0.05, 0) is 38.3 Å². The van der Waals surface area contributed by atoms with Crippen LogP contribution in [-0.2, 0) is 4.74 Å². The van der Waals surface area contributed by atoms with Crippen LogP contribution in [0.2, 0.25) is 0 Å². The summed E-state index contributed by atoms with van der Waals surface area (Å²) in [5.41, 5.74) is 4.32. The fourth-order valence-electron chi connectivity index (χ4n) is 2.56. The first-order chi connectivity index (χ1) is 10.6. The van der Waals surface area contributed by atoms with E-state index >= 15 is 0 Å². The first-order valence-corrected chi connectivity index (χ1v) is 8.42. The first-order valence-electron chi connectivity index (χ1n) is 8.42. The van der Waals surface area contributed by atoms with Gasteiger partial charge < -0.3 is 4.74 Å². The van der Waals surface area contributed by atoms with Gasteiger partial charge in [-0.3, -0.25) is 9.98 Å². The van der Waals surface area contributed by atoms with E-state index in [1.165, 1.54) is 11.1 Å². The average Bonchev–Trinajstić information content (AvgIpc) is 2.56. The van der Waals surface area contributed by atoms with Crippen LogP contribution >= 0.6 is 0 Å². The lowest BCUT2D eigenvalue weighted by Crippen LogP contribution is -2.30. The van der Waals surface area contributed by atoms with Gasteiger partial charge in [0.25, 0.3) is 0 Å². The summed E-state index contributed by atoms with van der Waals surface area (Å²) in [7, 11) is 1.81. The molecule has 0 bridgehead atoms. The fraction of sp³-hybridized carbons (Fsp3) is 0.579. The Morgan fingerprint density at radius 3 is 2.36 bits per heavy atom. The third-order valence-corrected chi connectivity index (χ3v) is 3.91. The molecule has 0 saturated carbocycles. The van der Waals surface area contributed by atoms with Gasteiger partial charge in [-0.2, -0.15) is 0 Å². The Morgan fingerprint density at radius 2 is 1.86 bits per heavy atom. The first kappa shape index (κ1) is 18.4. The van der Waals surface area contributed by atoms with Crippen LogP contribution in [0.5, 0.6) is 0 Å². The maximum atomic E-state index is 5.80. The van der Waals surface area contributed by atoms with Gasteiger partial charge in [0.05, 0.1) is 17.9 Å². The minimum atomic E-state index is -0.130. The quantitative estimate of drug-likeness (QED) is 0.680. The van der Waals surface area contributed by atoms with Crippen LogP contribution in [0.3, 0.4) is 0 Å². The number of aliphatic imine (C=N–C) groups is 2. The molecule has 3 nitrogen and oxygen atoms in total. The number of fused-ring (bicyclic) bond motifs is 1. The second-order valence-electron chi connectivity index (χ2n) is 5.34. The minimum Gasteiger partial charge on any atom is -0.492 e. The van der Waals surface area contributed by atoms with Crippen LogP contribution in [0.4, 0.5) is 0 Å². The highest BCUT2D eigenvalue weighted by atomic mass is 16.5. The molecule has 0 saturated heterocycles. The summed E-state index contributed by atoms with van der Waals surface area (Å²) in [6, 6.07) is 0. The maximum Gasteiger partial charge on any atom is 0.147 e. The molecule has 1 unspecified atom stereocenters. The smallest absolute Gasteiger partial charge is 0.147 e. The molecule has 0 aromatic rings. The van der Waals surface area contributed by atoms with Crippen LogP contribution in [0, 0.1) is 0 Å². The molecule has 1 atom stereocenters. The molecule has 1 heterocycles. The van der Waals surface area contributed by atoms with E-state index in [1.807, 2.05) is 33.9 Å². The SMILES string of the molecule is CC.CCOC1=CC(=NC)C=C2C(CC)=CC(C)(CC)N=C12. The van der Waals surface area contributed by atoms with E-state index in [-0.39, 0.29) is 5.54 Å². The minimum absolute atomic E-state index is 0.130. The summed E-state index contributed by atoms with van der Waals surface area (Å²) in [6.07, 6.45) is 8.38. The van der Waals surface area contributed by atoms with Gasteiger partial charge in [-0.15, -0.1) is 0 Å². The maximum absolute atomic E-state index is 5.80. The molecular weight excluding hydrogens is 272 g/mol. The van der Waals surface area contributed by atoms with E-state index in [9.17, 15) is 0 Å². The molecule has 0 N–H and O–H groups in total. The predicted molar refractivity (Wildman–Crippen MR) is 97.0 cm³/mol. The molecule has 0 spiro atoms. The Labute approximate surface area is 135 Å². The number of dihydropyridines is 1. The van der Waals surface area contributed by atoms with Crippen molar-refractivity contribution in [2.75, 3.05) is 13.7 Å². The van der Waals surface area contributed by atoms with Gasteiger partial charge in [0, 0.05) is 18.7 Å². The van der Waals surface area contributed by atoms with Crippen molar-refractivity contribution in [3.63, 3.8) is 0 Å². The monoisotopic (exact) mass is 302 g/mol. The largest absolute Gasteiger partial charge is 0.492 e. The molecule has 22 heavy (non-hydrogen) atoms. The highest BCUT2D eigenvalue weighted by Gasteiger charge is 2.31. The Bertz CT molecular complexity index is 550. The van der Waals surface area contributed by atoms with Crippen molar-refractivity contribution in [2.24, 2.45) is 9.98 Å². The number of hydrogen-bond acceptors (Lipinski definition) is 3. The van der Waals surface area contributed by atoms with E-state index in [0.717, 1.165) is 30.0 Å².